The molecule has 4 aromatic carbocycles. The molecular weight excluding hydrogens is 416 g/mol. The minimum Gasteiger partial charge on any atom is -0.478 e. The second-order valence-electron chi connectivity index (χ2n) is 7.04. The molecule has 0 heterocycles. The highest BCUT2D eigenvalue weighted by Gasteiger charge is 2.32. The molecule has 0 unspecified atom stereocenters. The van der Waals surface area contributed by atoms with Crippen molar-refractivity contribution in [1.29, 1.82) is 0 Å². The van der Waals surface area contributed by atoms with Gasteiger partial charge in [-0.25, -0.2) is 19.2 Å². The molecule has 0 saturated heterocycles. The summed E-state index contributed by atoms with van der Waals surface area (Å²) in [6.45, 7) is 0. The van der Waals surface area contributed by atoms with E-state index in [0.29, 0.717) is 16.8 Å². The number of carbonyl (C=O) groups is 4. The Morgan fingerprint density at radius 1 is 0.531 bits per heavy atom. The van der Waals surface area contributed by atoms with Gasteiger partial charge in [0.15, 0.2) is 0 Å². The number of rotatable bonds is 5. The molecule has 4 aromatic rings. The fraction of sp³-hybridized carbons (Fsp3) is 0. The topological polar surface area (TPSA) is 149 Å². The highest BCUT2D eigenvalue weighted by Crippen LogP contribution is 2.38. The highest BCUT2D eigenvalue weighted by atomic mass is 16.4. The van der Waals surface area contributed by atoms with Gasteiger partial charge in [-0.2, -0.15) is 0 Å². The van der Waals surface area contributed by atoms with Crippen LogP contribution in [0.3, 0.4) is 0 Å². The highest BCUT2D eigenvalue weighted by molar-refractivity contribution is 6.18. The summed E-state index contributed by atoms with van der Waals surface area (Å²) in [5, 5.41) is 41.6. The summed E-state index contributed by atoms with van der Waals surface area (Å²) >= 11 is 0. The van der Waals surface area contributed by atoms with Crippen LogP contribution in [0.15, 0.2) is 60.7 Å². The van der Waals surface area contributed by atoms with Gasteiger partial charge in [-0.3, -0.25) is 0 Å². The predicted molar refractivity (Wildman–Crippen MR) is 115 cm³/mol. The summed E-state index contributed by atoms with van der Waals surface area (Å²) in [6.07, 6.45) is 0. The monoisotopic (exact) mass is 430 g/mol. The van der Waals surface area contributed by atoms with Crippen molar-refractivity contribution in [3.05, 3.63) is 82.9 Å². The number of fused-ring (bicyclic) bond motifs is 2. The van der Waals surface area contributed by atoms with Crippen LogP contribution < -0.4 is 0 Å². The van der Waals surface area contributed by atoms with E-state index in [-0.39, 0.29) is 5.56 Å². The Morgan fingerprint density at radius 3 is 1.53 bits per heavy atom. The normalized spacial score (nSPS) is 10.9. The molecule has 0 spiro atoms. The fourth-order valence-electron chi connectivity index (χ4n) is 3.92. The summed E-state index contributed by atoms with van der Waals surface area (Å²) < 4.78 is 0. The van der Waals surface area contributed by atoms with Gasteiger partial charge in [-0.1, -0.05) is 42.5 Å². The molecule has 4 rings (SSSR count). The minimum absolute atomic E-state index is 0.105. The first-order valence-corrected chi connectivity index (χ1v) is 9.26. The first-order valence-electron chi connectivity index (χ1n) is 9.26. The van der Waals surface area contributed by atoms with E-state index in [1.165, 1.54) is 6.07 Å². The molecule has 4 N–H and O–H groups in total. The molecule has 0 amide bonds. The zero-order chi connectivity index (χ0) is 23.2. The molecule has 0 aromatic heterocycles. The van der Waals surface area contributed by atoms with Crippen LogP contribution >= 0.6 is 0 Å². The zero-order valence-corrected chi connectivity index (χ0v) is 16.2. The van der Waals surface area contributed by atoms with Crippen molar-refractivity contribution in [3.63, 3.8) is 0 Å². The molecule has 0 atom stereocenters. The third-order valence-electron chi connectivity index (χ3n) is 5.23. The SMILES string of the molecule is O=C(O)c1cc(C(=O)O)c(C(=O)O)c(-c2cccc3cc4ccccc4cc23)c1C(=O)O. The number of hydrogen-bond donors (Lipinski definition) is 4. The molecule has 0 radical (unpaired) electrons. The van der Waals surface area contributed by atoms with Gasteiger partial charge in [0.1, 0.15) is 0 Å². The van der Waals surface area contributed by atoms with Crippen molar-refractivity contribution in [1.82, 2.24) is 0 Å². The lowest BCUT2D eigenvalue weighted by Gasteiger charge is -2.17. The van der Waals surface area contributed by atoms with E-state index < -0.39 is 51.7 Å². The summed E-state index contributed by atoms with van der Waals surface area (Å²) in [7, 11) is 0. The van der Waals surface area contributed by atoms with Crippen LogP contribution in [0.4, 0.5) is 0 Å². The largest absolute Gasteiger partial charge is 0.478 e. The molecule has 32 heavy (non-hydrogen) atoms. The maximum Gasteiger partial charge on any atom is 0.337 e. The lowest BCUT2D eigenvalue weighted by atomic mass is 9.85. The molecule has 0 aliphatic carbocycles. The Hall–Kier alpha value is -4.72. The van der Waals surface area contributed by atoms with Gasteiger partial charge in [0.2, 0.25) is 0 Å². The van der Waals surface area contributed by atoms with Crippen molar-refractivity contribution in [3.8, 4) is 11.1 Å². The lowest BCUT2D eigenvalue weighted by Crippen LogP contribution is -2.18. The third-order valence-corrected chi connectivity index (χ3v) is 5.23. The van der Waals surface area contributed by atoms with Gasteiger partial charge < -0.3 is 20.4 Å². The number of aromatic carboxylic acids is 4. The van der Waals surface area contributed by atoms with E-state index in [1.807, 2.05) is 24.3 Å². The Kier molecular flexibility index (Phi) is 4.82. The van der Waals surface area contributed by atoms with E-state index in [2.05, 4.69) is 0 Å². The van der Waals surface area contributed by atoms with Crippen molar-refractivity contribution in [2.45, 2.75) is 0 Å². The first-order chi connectivity index (χ1) is 15.2. The maximum atomic E-state index is 12.1. The molecule has 8 nitrogen and oxygen atoms in total. The van der Waals surface area contributed by atoms with Crippen molar-refractivity contribution < 1.29 is 39.6 Å². The number of carboxylic acid groups (broad SMARTS) is 4. The number of benzene rings is 4. The fourth-order valence-corrected chi connectivity index (χ4v) is 3.92. The smallest absolute Gasteiger partial charge is 0.337 e. The van der Waals surface area contributed by atoms with Crippen molar-refractivity contribution in [2.75, 3.05) is 0 Å². The van der Waals surface area contributed by atoms with Crippen LogP contribution in [-0.2, 0) is 0 Å². The Morgan fingerprint density at radius 2 is 1.03 bits per heavy atom. The van der Waals surface area contributed by atoms with Gasteiger partial charge in [0.25, 0.3) is 0 Å². The summed E-state index contributed by atoms with van der Waals surface area (Å²) in [4.78, 5) is 47.8. The average Bonchev–Trinajstić information content (AvgIpc) is 2.75. The zero-order valence-electron chi connectivity index (χ0n) is 16.2. The standard InChI is InChI=1S/C24H14O8/c25-21(26)16-10-17(22(27)28)20(24(31)32)18(19(16)23(29)30)14-7-3-6-13-8-11-4-1-2-5-12(11)9-15(13)14/h1-10H,(H,25,26)(H,27,28)(H,29,30)(H,31,32). The molecule has 0 aliphatic rings. The van der Waals surface area contributed by atoms with Crippen LogP contribution in [0, 0.1) is 0 Å². The van der Waals surface area contributed by atoms with E-state index in [9.17, 15) is 39.6 Å². The van der Waals surface area contributed by atoms with Gasteiger partial charge >= 0.3 is 23.9 Å². The number of hydrogen-bond acceptors (Lipinski definition) is 4. The van der Waals surface area contributed by atoms with Crippen molar-refractivity contribution in [2.24, 2.45) is 0 Å². The van der Waals surface area contributed by atoms with Crippen LogP contribution in [0.25, 0.3) is 32.7 Å². The van der Waals surface area contributed by atoms with Crippen LogP contribution in [0.2, 0.25) is 0 Å². The molecule has 158 valence electrons. The average molecular weight is 430 g/mol. The summed E-state index contributed by atoms with van der Waals surface area (Å²) in [5.41, 5.74) is -3.57. The van der Waals surface area contributed by atoms with Crippen molar-refractivity contribution >= 4 is 45.4 Å². The van der Waals surface area contributed by atoms with Crippen LogP contribution in [0.5, 0.6) is 0 Å². The van der Waals surface area contributed by atoms with Gasteiger partial charge in [0, 0.05) is 5.56 Å². The van der Waals surface area contributed by atoms with Gasteiger partial charge in [-0.15, -0.1) is 0 Å². The molecule has 8 heteroatoms. The van der Waals surface area contributed by atoms with Crippen LogP contribution in [0.1, 0.15) is 41.4 Å². The molecule has 0 saturated carbocycles. The summed E-state index contributed by atoms with van der Waals surface area (Å²) in [6, 6.07) is 16.2. The third kappa shape index (κ3) is 3.20. The Balaban J connectivity index is 2.27. The Labute approximate surface area is 179 Å². The van der Waals surface area contributed by atoms with Gasteiger partial charge in [0.05, 0.1) is 22.3 Å². The van der Waals surface area contributed by atoms with E-state index >= 15 is 0 Å². The summed E-state index contributed by atoms with van der Waals surface area (Å²) in [5.74, 6) is -6.74. The molecule has 0 bridgehead atoms. The second kappa shape index (κ2) is 7.51. The van der Waals surface area contributed by atoms with E-state index in [0.717, 1.165) is 10.8 Å². The Bertz CT molecular complexity index is 1430. The lowest BCUT2D eigenvalue weighted by molar-refractivity contribution is 0.0638. The molecule has 0 aliphatic heterocycles. The van der Waals surface area contributed by atoms with Gasteiger partial charge in [-0.05, 0) is 45.3 Å². The quantitative estimate of drug-likeness (QED) is 0.339. The minimum atomic E-state index is -1.69. The second-order valence-corrected chi connectivity index (χ2v) is 7.04. The van der Waals surface area contributed by atoms with E-state index in [4.69, 9.17) is 0 Å². The molecular formula is C24H14O8. The van der Waals surface area contributed by atoms with E-state index in [1.54, 1.807) is 24.3 Å². The number of carboxylic acids is 4. The predicted octanol–water partition coefficient (Wildman–Crippen LogP) is 4.45. The maximum absolute atomic E-state index is 12.1. The van der Waals surface area contributed by atoms with Crippen LogP contribution in [-0.4, -0.2) is 44.3 Å². The molecule has 0 fully saturated rings. The first kappa shape index (κ1) is 20.5.